The normalized spacial score (nSPS) is 12.4. The van der Waals surface area contributed by atoms with Gasteiger partial charge in [-0.25, -0.2) is 8.78 Å². The van der Waals surface area contributed by atoms with Crippen LogP contribution in [0.25, 0.3) is 0 Å². The highest BCUT2D eigenvalue weighted by atomic mass is 19.1. The molecule has 0 saturated heterocycles. The maximum absolute atomic E-state index is 13.3. The Hall–Kier alpha value is -1.88. The summed E-state index contributed by atoms with van der Waals surface area (Å²) in [5.41, 5.74) is 3.37. The summed E-state index contributed by atoms with van der Waals surface area (Å²) >= 11 is 0. The summed E-state index contributed by atoms with van der Waals surface area (Å²) in [6.45, 7) is 3.89. The van der Waals surface area contributed by atoms with E-state index in [-0.39, 0.29) is 6.04 Å². The van der Waals surface area contributed by atoms with Gasteiger partial charge in [0.05, 0.1) is 11.4 Å². The van der Waals surface area contributed by atoms with Crippen LogP contribution in [0.2, 0.25) is 0 Å². The van der Waals surface area contributed by atoms with E-state index in [1.54, 1.807) is 0 Å². The molecule has 1 aromatic carbocycles. The van der Waals surface area contributed by atoms with Crippen molar-refractivity contribution in [3.63, 3.8) is 0 Å². The van der Waals surface area contributed by atoms with Crippen LogP contribution in [-0.2, 0) is 12.8 Å². The van der Waals surface area contributed by atoms with E-state index in [0.717, 1.165) is 29.4 Å². The number of aryl methyl sites for hydroxylation is 2. The van der Waals surface area contributed by atoms with Gasteiger partial charge in [0.15, 0.2) is 0 Å². The first-order valence-electron chi connectivity index (χ1n) is 6.98. The molecule has 1 aromatic heterocycles. The Morgan fingerprint density at radius 1 is 1.10 bits per heavy atom. The predicted octanol–water partition coefficient (Wildman–Crippen LogP) is 3.13. The fourth-order valence-electron chi connectivity index (χ4n) is 2.44. The molecular weight excluding hydrogens is 272 g/mol. The molecule has 0 aliphatic carbocycles. The van der Waals surface area contributed by atoms with Crippen molar-refractivity contribution < 1.29 is 8.78 Å². The monoisotopic (exact) mass is 291 g/mol. The molecule has 112 valence electrons. The van der Waals surface area contributed by atoms with Crippen LogP contribution in [0.4, 0.5) is 8.78 Å². The van der Waals surface area contributed by atoms with Crippen molar-refractivity contribution >= 4 is 0 Å². The topological polar surface area (TPSA) is 37.8 Å². The minimum Gasteiger partial charge on any atom is -0.313 e. The molecule has 5 heteroatoms. The fraction of sp³-hybridized carbons (Fsp3) is 0.375. The first kappa shape index (κ1) is 15.5. The summed E-state index contributed by atoms with van der Waals surface area (Å²) in [6, 6.07) is 5.52. The van der Waals surface area contributed by atoms with Crippen LogP contribution in [-0.4, -0.2) is 17.2 Å². The molecule has 2 aromatic rings. The molecule has 0 fully saturated rings. The number of hydrogen-bond acceptors (Lipinski definition) is 3. The second-order valence-electron chi connectivity index (χ2n) is 5.06. The highest BCUT2D eigenvalue weighted by Crippen LogP contribution is 2.22. The van der Waals surface area contributed by atoms with Crippen molar-refractivity contribution in [3.8, 4) is 0 Å². The zero-order chi connectivity index (χ0) is 15.4. The summed E-state index contributed by atoms with van der Waals surface area (Å²) < 4.78 is 26.6. The molecule has 21 heavy (non-hydrogen) atoms. The number of likely N-dealkylation sites (N-methyl/N-ethyl adjacent to an activating group) is 1. The average molecular weight is 291 g/mol. The standard InChI is InChI=1S/C16H19F2N3/c1-4-15-14(5-10(2)20-21-15)16(19-3)8-11-6-12(17)9-13(18)7-11/h5-7,9,16,19H,4,8H2,1-3H3. The Morgan fingerprint density at radius 2 is 1.76 bits per heavy atom. The highest BCUT2D eigenvalue weighted by molar-refractivity contribution is 5.28. The van der Waals surface area contributed by atoms with Gasteiger partial charge in [-0.15, -0.1) is 0 Å². The van der Waals surface area contributed by atoms with Gasteiger partial charge in [-0.05, 0) is 56.1 Å². The summed E-state index contributed by atoms with van der Waals surface area (Å²) in [5, 5.41) is 11.5. The van der Waals surface area contributed by atoms with Crippen LogP contribution in [0.3, 0.4) is 0 Å². The van der Waals surface area contributed by atoms with Crippen LogP contribution < -0.4 is 5.32 Å². The first-order chi connectivity index (χ1) is 10.0. The third-order valence-corrected chi connectivity index (χ3v) is 3.45. The van der Waals surface area contributed by atoms with Crippen molar-refractivity contribution in [2.75, 3.05) is 7.05 Å². The average Bonchev–Trinajstić information content (AvgIpc) is 2.43. The lowest BCUT2D eigenvalue weighted by Gasteiger charge is -2.19. The predicted molar refractivity (Wildman–Crippen MR) is 78.0 cm³/mol. The zero-order valence-electron chi connectivity index (χ0n) is 12.5. The molecule has 0 aliphatic rings. The van der Waals surface area contributed by atoms with Crippen molar-refractivity contribution in [1.29, 1.82) is 0 Å². The van der Waals surface area contributed by atoms with E-state index in [9.17, 15) is 8.78 Å². The molecule has 0 spiro atoms. The van der Waals surface area contributed by atoms with Crippen molar-refractivity contribution in [2.24, 2.45) is 0 Å². The fourth-order valence-corrected chi connectivity index (χ4v) is 2.44. The Morgan fingerprint density at radius 3 is 2.33 bits per heavy atom. The van der Waals surface area contributed by atoms with Gasteiger partial charge < -0.3 is 5.32 Å². The lowest BCUT2D eigenvalue weighted by molar-refractivity contribution is 0.557. The summed E-state index contributed by atoms with van der Waals surface area (Å²) in [6.07, 6.45) is 1.25. The number of halogens is 2. The molecule has 1 atom stereocenters. The largest absolute Gasteiger partial charge is 0.313 e. The Kier molecular flexibility index (Phi) is 4.96. The minimum atomic E-state index is -0.556. The molecule has 0 amide bonds. The van der Waals surface area contributed by atoms with E-state index in [1.165, 1.54) is 12.1 Å². The van der Waals surface area contributed by atoms with E-state index >= 15 is 0 Å². The molecule has 1 heterocycles. The summed E-state index contributed by atoms with van der Waals surface area (Å²) in [4.78, 5) is 0. The van der Waals surface area contributed by atoms with E-state index in [1.807, 2.05) is 27.0 Å². The Bertz CT molecular complexity index is 609. The van der Waals surface area contributed by atoms with Gasteiger partial charge >= 0.3 is 0 Å². The maximum atomic E-state index is 13.3. The molecular formula is C16H19F2N3. The van der Waals surface area contributed by atoms with E-state index < -0.39 is 11.6 Å². The molecule has 0 radical (unpaired) electrons. The summed E-state index contributed by atoms with van der Waals surface area (Å²) in [5.74, 6) is -1.11. The van der Waals surface area contributed by atoms with Crippen molar-refractivity contribution in [2.45, 2.75) is 32.7 Å². The molecule has 0 bridgehead atoms. The van der Waals surface area contributed by atoms with Crippen LogP contribution in [0, 0.1) is 18.6 Å². The third kappa shape index (κ3) is 3.82. The van der Waals surface area contributed by atoms with Crippen molar-refractivity contribution in [1.82, 2.24) is 15.5 Å². The number of aromatic nitrogens is 2. The Balaban J connectivity index is 2.33. The van der Waals surface area contributed by atoms with Gasteiger partial charge in [-0.3, -0.25) is 0 Å². The van der Waals surface area contributed by atoms with E-state index in [0.29, 0.717) is 12.0 Å². The van der Waals surface area contributed by atoms with E-state index in [2.05, 4.69) is 15.5 Å². The second kappa shape index (κ2) is 6.72. The van der Waals surface area contributed by atoms with Crippen molar-refractivity contribution in [3.05, 3.63) is 58.4 Å². The molecule has 2 rings (SSSR count). The number of rotatable bonds is 5. The van der Waals surface area contributed by atoms with Gasteiger partial charge in [0.25, 0.3) is 0 Å². The number of benzene rings is 1. The first-order valence-corrected chi connectivity index (χ1v) is 6.98. The third-order valence-electron chi connectivity index (χ3n) is 3.45. The molecule has 0 aliphatic heterocycles. The molecule has 1 N–H and O–H groups in total. The van der Waals surface area contributed by atoms with Crippen LogP contribution in [0.5, 0.6) is 0 Å². The zero-order valence-corrected chi connectivity index (χ0v) is 12.5. The molecule has 0 saturated carbocycles. The number of nitrogens with one attached hydrogen (secondary N) is 1. The number of hydrogen-bond donors (Lipinski definition) is 1. The van der Waals surface area contributed by atoms with Gasteiger partial charge in [-0.1, -0.05) is 6.92 Å². The molecule has 1 unspecified atom stereocenters. The van der Waals surface area contributed by atoms with Gasteiger partial charge in [0, 0.05) is 12.1 Å². The van der Waals surface area contributed by atoms with Crippen LogP contribution in [0.1, 0.15) is 35.5 Å². The van der Waals surface area contributed by atoms with Crippen LogP contribution >= 0.6 is 0 Å². The smallest absolute Gasteiger partial charge is 0.126 e. The maximum Gasteiger partial charge on any atom is 0.126 e. The second-order valence-corrected chi connectivity index (χ2v) is 5.06. The minimum absolute atomic E-state index is 0.0599. The number of nitrogens with zero attached hydrogens (tertiary/aromatic N) is 2. The highest BCUT2D eigenvalue weighted by Gasteiger charge is 2.16. The SMILES string of the molecule is CCc1nnc(C)cc1C(Cc1cc(F)cc(F)c1)NC. The lowest BCUT2D eigenvalue weighted by Crippen LogP contribution is -2.21. The van der Waals surface area contributed by atoms with Gasteiger partial charge in [0.1, 0.15) is 11.6 Å². The van der Waals surface area contributed by atoms with E-state index in [4.69, 9.17) is 0 Å². The van der Waals surface area contributed by atoms with Gasteiger partial charge in [-0.2, -0.15) is 10.2 Å². The molecule has 3 nitrogen and oxygen atoms in total. The quantitative estimate of drug-likeness (QED) is 0.919. The summed E-state index contributed by atoms with van der Waals surface area (Å²) in [7, 11) is 1.83. The van der Waals surface area contributed by atoms with Gasteiger partial charge in [0.2, 0.25) is 0 Å². The van der Waals surface area contributed by atoms with Crippen LogP contribution in [0.15, 0.2) is 24.3 Å². The Labute approximate surface area is 123 Å². The lowest BCUT2D eigenvalue weighted by atomic mass is 9.96.